The van der Waals surface area contributed by atoms with Crippen LogP contribution in [0.2, 0.25) is 0 Å². The van der Waals surface area contributed by atoms with Gasteiger partial charge in [-0.05, 0) is 39.8 Å². The zero-order valence-electron chi connectivity index (χ0n) is 13.5. The fourth-order valence-electron chi connectivity index (χ4n) is 2.51. The van der Waals surface area contributed by atoms with Gasteiger partial charge >= 0.3 is 6.18 Å². The summed E-state index contributed by atoms with van der Waals surface area (Å²) in [6.07, 6.45) is -4.63. The number of rotatable bonds is 3. The van der Waals surface area contributed by atoms with Crippen LogP contribution >= 0.6 is 0 Å². The van der Waals surface area contributed by atoms with Gasteiger partial charge in [0.1, 0.15) is 0 Å². The third kappa shape index (κ3) is 2.68. The van der Waals surface area contributed by atoms with Crippen LogP contribution in [0.15, 0.2) is 12.1 Å². The molecule has 0 radical (unpaired) electrons. The molecule has 0 saturated heterocycles. The van der Waals surface area contributed by atoms with Gasteiger partial charge in [0.15, 0.2) is 11.5 Å². The van der Waals surface area contributed by atoms with Gasteiger partial charge in [0.25, 0.3) is 5.82 Å². The fraction of sp³-hybridized carbons (Fsp3) is 0.429. The Balaban J connectivity index is 2.02. The smallest absolute Gasteiger partial charge is 0.336 e. The molecule has 0 unspecified atom stereocenters. The minimum Gasteiger partial charge on any atom is -0.336 e. The van der Waals surface area contributed by atoms with E-state index in [9.17, 15) is 13.2 Å². The molecular formula is C14H16F3N7. The van der Waals surface area contributed by atoms with E-state index in [-0.39, 0.29) is 17.5 Å². The normalized spacial score (nSPS) is 12.3. The van der Waals surface area contributed by atoms with Crippen LogP contribution in [-0.2, 0) is 6.18 Å². The van der Waals surface area contributed by atoms with Crippen LogP contribution in [0.1, 0.15) is 37.1 Å². The first-order chi connectivity index (χ1) is 11.2. The van der Waals surface area contributed by atoms with E-state index in [2.05, 4.69) is 25.7 Å². The molecule has 3 rings (SSSR count). The summed E-state index contributed by atoms with van der Waals surface area (Å²) in [4.78, 5) is 0. The van der Waals surface area contributed by atoms with Gasteiger partial charge in [0.2, 0.25) is 0 Å². The maximum Gasteiger partial charge on any atom is 0.453 e. The average Bonchev–Trinajstić information content (AvgIpc) is 3.02. The predicted molar refractivity (Wildman–Crippen MR) is 81.2 cm³/mol. The minimum atomic E-state index is -4.63. The number of hydrogen-bond acceptors (Lipinski definition) is 5. The van der Waals surface area contributed by atoms with Gasteiger partial charge in [-0.15, -0.1) is 15.3 Å². The number of nitrogens with one attached hydrogen (secondary N) is 1. The van der Waals surface area contributed by atoms with Crippen LogP contribution in [0, 0.1) is 13.8 Å². The standard InChI is InChI=1S/C14H16F3N7/c1-7(2)23-9(4)12(8(3)21-23)18-10-5-6-11-19-20-13(14(15,16)17)24(11)22-10/h5-7H,1-4H3,(H,18,22). The van der Waals surface area contributed by atoms with Crippen molar-refractivity contribution in [2.45, 2.75) is 39.9 Å². The number of nitrogens with zero attached hydrogens (tertiary/aromatic N) is 6. The van der Waals surface area contributed by atoms with E-state index in [1.807, 2.05) is 32.4 Å². The highest BCUT2D eigenvalue weighted by atomic mass is 19.4. The summed E-state index contributed by atoms with van der Waals surface area (Å²) in [6, 6.07) is 3.15. The summed E-state index contributed by atoms with van der Waals surface area (Å²) in [6.45, 7) is 7.72. The van der Waals surface area contributed by atoms with Gasteiger partial charge in [0.05, 0.1) is 17.1 Å². The van der Waals surface area contributed by atoms with Gasteiger partial charge in [-0.25, -0.2) is 0 Å². The lowest BCUT2D eigenvalue weighted by atomic mass is 10.3. The Morgan fingerprint density at radius 3 is 2.38 bits per heavy atom. The van der Waals surface area contributed by atoms with Crippen molar-refractivity contribution in [2.75, 3.05) is 5.32 Å². The molecule has 3 aromatic heterocycles. The maximum atomic E-state index is 12.9. The second-order valence-electron chi connectivity index (χ2n) is 5.72. The Labute approximate surface area is 135 Å². The number of hydrogen-bond donors (Lipinski definition) is 1. The van der Waals surface area contributed by atoms with E-state index < -0.39 is 12.0 Å². The molecule has 0 bridgehead atoms. The zero-order chi connectivity index (χ0) is 17.6. The highest BCUT2D eigenvalue weighted by molar-refractivity contribution is 5.62. The van der Waals surface area contributed by atoms with Crippen molar-refractivity contribution in [1.29, 1.82) is 0 Å². The van der Waals surface area contributed by atoms with Gasteiger partial charge in [0, 0.05) is 6.04 Å². The number of halogens is 3. The lowest BCUT2D eigenvalue weighted by Gasteiger charge is -2.10. The molecule has 24 heavy (non-hydrogen) atoms. The van der Waals surface area contributed by atoms with Crippen molar-refractivity contribution in [3.8, 4) is 0 Å². The van der Waals surface area contributed by atoms with Crippen molar-refractivity contribution >= 4 is 17.2 Å². The molecule has 0 fully saturated rings. The van der Waals surface area contributed by atoms with Crippen molar-refractivity contribution in [2.24, 2.45) is 0 Å². The molecule has 3 heterocycles. The maximum absolute atomic E-state index is 12.9. The van der Waals surface area contributed by atoms with E-state index in [0.717, 1.165) is 17.1 Å². The molecule has 0 aliphatic rings. The lowest BCUT2D eigenvalue weighted by molar-refractivity contribution is -0.146. The van der Waals surface area contributed by atoms with E-state index >= 15 is 0 Å². The van der Waals surface area contributed by atoms with E-state index in [4.69, 9.17) is 0 Å². The van der Waals surface area contributed by atoms with Crippen molar-refractivity contribution in [3.05, 3.63) is 29.3 Å². The molecule has 0 spiro atoms. The van der Waals surface area contributed by atoms with Gasteiger partial charge in [-0.3, -0.25) is 4.68 Å². The number of alkyl halides is 3. The first-order valence-corrected chi connectivity index (χ1v) is 7.31. The van der Waals surface area contributed by atoms with Crippen molar-refractivity contribution in [3.63, 3.8) is 0 Å². The Hall–Kier alpha value is -2.65. The summed E-state index contributed by atoms with van der Waals surface area (Å²) in [7, 11) is 0. The molecular weight excluding hydrogens is 323 g/mol. The Kier molecular flexibility index (Phi) is 3.69. The second-order valence-corrected chi connectivity index (χ2v) is 5.72. The Morgan fingerprint density at radius 1 is 1.08 bits per heavy atom. The van der Waals surface area contributed by atoms with Crippen LogP contribution in [0.5, 0.6) is 0 Å². The summed E-state index contributed by atoms with van der Waals surface area (Å²) in [5.41, 5.74) is 2.36. The van der Waals surface area contributed by atoms with Crippen LogP contribution in [0.3, 0.4) is 0 Å². The minimum absolute atomic E-state index is 0.0270. The molecule has 0 aliphatic heterocycles. The van der Waals surface area contributed by atoms with E-state index in [0.29, 0.717) is 4.52 Å². The zero-order valence-corrected chi connectivity index (χ0v) is 13.5. The molecule has 3 aromatic rings. The van der Waals surface area contributed by atoms with Crippen LogP contribution in [0.4, 0.5) is 24.7 Å². The number of anilines is 2. The Morgan fingerprint density at radius 2 is 1.79 bits per heavy atom. The van der Waals surface area contributed by atoms with Crippen LogP contribution in [0.25, 0.3) is 5.65 Å². The molecule has 0 aromatic carbocycles. The molecule has 0 amide bonds. The van der Waals surface area contributed by atoms with Crippen LogP contribution in [-0.4, -0.2) is 29.6 Å². The lowest BCUT2D eigenvalue weighted by Crippen LogP contribution is -2.13. The Bertz CT molecular complexity index is 892. The fourth-order valence-corrected chi connectivity index (χ4v) is 2.51. The number of aromatic nitrogens is 6. The first-order valence-electron chi connectivity index (χ1n) is 7.31. The molecule has 0 atom stereocenters. The molecule has 0 saturated carbocycles. The van der Waals surface area contributed by atoms with Gasteiger partial charge < -0.3 is 5.32 Å². The second kappa shape index (κ2) is 5.46. The van der Waals surface area contributed by atoms with Crippen molar-refractivity contribution in [1.82, 2.24) is 29.6 Å². The number of aryl methyl sites for hydroxylation is 1. The highest BCUT2D eigenvalue weighted by Gasteiger charge is 2.37. The van der Waals surface area contributed by atoms with Crippen molar-refractivity contribution < 1.29 is 13.2 Å². The average molecular weight is 339 g/mol. The SMILES string of the molecule is Cc1nn(C(C)C)c(C)c1Nc1ccc2nnc(C(F)(F)F)n2n1. The monoisotopic (exact) mass is 339 g/mol. The number of fused-ring (bicyclic) bond motifs is 1. The van der Waals surface area contributed by atoms with E-state index in [1.54, 1.807) is 6.07 Å². The summed E-state index contributed by atoms with van der Waals surface area (Å²) >= 11 is 0. The third-order valence-corrected chi connectivity index (χ3v) is 3.58. The quantitative estimate of drug-likeness (QED) is 0.793. The van der Waals surface area contributed by atoms with Gasteiger partial charge in [-0.1, -0.05) is 0 Å². The molecule has 7 nitrogen and oxygen atoms in total. The van der Waals surface area contributed by atoms with E-state index in [1.165, 1.54) is 6.07 Å². The summed E-state index contributed by atoms with van der Waals surface area (Å²) in [5, 5.41) is 18.1. The molecule has 0 aliphatic carbocycles. The molecule has 1 N–H and O–H groups in total. The first kappa shape index (κ1) is 16.2. The van der Waals surface area contributed by atoms with Crippen LogP contribution < -0.4 is 5.32 Å². The highest BCUT2D eigenvalue weighted by Crippen LogP contribution is 2.29. The predicted octanol–water partition coefficient (Wildman–Crippen LogP) is 3.28. The molecule has 128 valence electrons. The molecule has 10 heteroatoms. The third-order valence-electron chi connectivity index (χ3n) is 3.58. The topological polar surface area (TPSA) is 72.9 Å². The summed E-state index contributed by atoms with van der Waals surface area (Å²) < 4.78 is 41.3. The van der Waals surface area contributed by atoms with Gasteiger partial charge in [-0.2, -0.15) is 22.8 Å². The largest absolute Gasteiger partial charge is 0.453 e. The summed E-state index contributed by atoms with van der Waals surface area (Å²) in [5.74, 6) is -0.908.